The van der Waals surface area contributed by atoms with Crippen molar-refractivity contribution in [2.75, 3.05) is 65.4 Å². The van der Waals surface area contributed by atoms with Gasteiger partial charge in [0.15, 0.2) is 17.9 Å². The van der Waals surface area contributed by atoms with Crippen LogP contribution in [0, 0.1) is 34.0 Å². The zero-order chi connectivity index (χ0) is 110. The molecule has 0 spiro atoms. The van der Waals surface area contributed by atoms with Gasteiger partial charge in [0.1, 0.15) is 109 Å². The Kier molecular flexibility index (Phi) is 46.4. The second-order valence-corrected chi connectivity index (χ2v) is 39.3. The lowest BCUT2D eigenvalue weighted by molar-refractivity contribution is -0.149. The number of nitrogens with two attached hydrogens (primary N) is 7. The minimum atomic E-state index is -1.83. The van der Waals surface area contributed by atoms with E-state index in [2.05, 4.69) is 84.4 Å². The molecule has 7 heterocycles. The van der Waals surface area contributed by atoms with Gasteiger partial charge in [0.2, 0.25) is 118 Å². The number of aromatic hydroxyl groups is 1. The molecule has 8 rings (SSSR count). The molecule has 33 N–H and O–H groups in total. The molecule has 0 radical (unpaired) electrons. The third-order valence-electron chi connectivity index (χ3n) is 27.2. The third-order valence-corrected chi connectivity index (χ3v) is 27.2. The van der Waals surface area contributed by atoms with Crippen molar-refractivity contribution < 1.29 is 106 Å². The number of likely N-dealkylation sites (tertiary alicyclic amines) is 6. The fourth-order valence-electron chi connectivity index (χ4n) is 19.4. The molecule has 6 aliphatic rings. The van der Waals surface area contributed by atoms with Crippen LogP contribution in [0.1, 0.15) is 207 Å². The number of nitrogens with zero attached hydrogens (tertiary/aromatic N) is 7. The SMILES string of the molecule is CC[C@H](C)[C@H](NC(=O)[C@H](Cc1ccc(O)cc1)NC(=O)[C@@H](NC(=O)[C@@H]1CCCN1C(=O)[C@H](CCCNC(=N)N)NC(=O)[C@H](CC(N)=O)NC(=O)[C@H](CC(N)=O)NC(=O)CN)C(C)C)C(=O)N1CCC[C@H]1C(=O)N[C@@H](CCC(N)=O)C(=O)N1CCC[C@H]1C(=O)N[C@@H](CCCNC(=N)N)C(=O)N1CCC[C@H]1C(=O)N1CCC[C@H]1C(=O)N[C@@H](Cc1cnc[nH]1)C(=O)N1CCC[C@H]1C(=O)N[C@@H](CCCNC(=N)N)C(=O)N[C@H](C=O)CC(C)C. The van der Waals surface area contributed by atoms with Gasteiger partial charge in [-0.05, 0) is 164 Å². The van der Waals surface area contributed by atoms with Crippen LogP contribution in [0.15, 0.2) is 36.8 Å². The zero-order valence-electron chi connectivity index (χ0n) is 85.2. The Bertz CT molecular complexity index is 5110. The normalized spacial score (nSPS) is 19.8. The van der Waals surface area contributed by atoms with Crippen molar-refractivity contribution in [1.29, 1.82) is 16.2 Å². The van der Waals surface area contributed by atoms with E-state index in [4.69, 9.17) is 56.4 Å². The average molecular weight is 2090 g/mol. The highest BCUT2D eigenvalue weighted by molar-refractivity contribution is 6.03. The Hall–Kier alpha value is -14.9. The van der Waals surface area contributed by atoms with E-state index < -0.39 is 277 Å². The predicted octanol–water partition coefficient (Wildman–Crippen LogP) is -8.11. The summed E-state index contributed by atoms with van der Waals surface area (Å²) in [4.78, 5) is 313. The summed E-state index contributed by atoms with van der Waals surface area (Å²) < 4.78 is 0. The standard InChI is InChI=1S/C95H150N32O22/c1-7-52(6)76(121-80(137)61(42-53-26-28-56(129)29-27-53)118-86(143)75(51(4)5)120-85(142)69-24-13-36-123(69)87(144)58(18-9-33-108-94(102)103)114-79(136)63(45-73(99)132)117-78(135)62(44-72(98)131)112-74(133)46-96)92(149)126-39-15-23-68(126)83(140)116-60(30-31-71(97)130)89(146)122-35-11-21-66(122)82(139)115-59(19-10-34-109-95(104)105)88(145)127-40-16-25-70(127)91(148)125-38-14-22-67(125)84(141)119-64(43-54-47-106-49-110-54)90(147)124-37-12-20-65(124)81(138)113-57(17-8-32-107-93(100)101)77(134)111-55(48-128)41-50(2)3/h26-29,47-52,55,57-70,75-76,129H,7-25,30-46,96H2,1-6H3,(H2,97,130)(H2,98,131)(H2,99,132)(H,106,110)(H,111,134)(H,112,133)(H,113,138)(H,114,136)(H,115,139)(H,116,140)(H,117,135)(H,118,143)(H,119,141)(H,120,142)(H,121,137)(H4,100,101,107)(H4,102,103,108)(H4,104,105,109)/t52-,55-,57-,58-,59-,60-,61-,62-,63-,64-,65-,66-,67-,68-,69-,70-,75-,76-/m0/s1. The number of guanidine groups is 3. The first kappa shape index (κ1) is 119. The van der Waals surface area contributed by atoms with Gasteiger partial charge in [-0.3, -0.25) is 112 Å². The first-order valence-electron chi connectivity index (χ1n) is 50.9. The van der Waals surface area contributed by atoms with Crippen LogP contribution in [0.5, 0.6) is 5.75 Å². The molecule has 6 aliphatic heterocycles. The molecule has 0 saturated carbocycles. The summed E-state index contributed by atoms with van der Waals surface area (Å²) in [6.07, 6.45) is 3.48. The number of aromatic amines is 1. The van der Waals surface area contributed by atoms with Gasteiger partial charge in [-0.1, -0.05) is 60.1 Å². The summed E-state index contributed by atoms with van der Waals surface area (Å²) in [5.41, 5.74) is 39.4. The van der Waals surface area contributed by atoms with Crippen molar-refractivity contribution in [3.63, 3.8) is 0 Å². The summed E-state index contributed by atoms with van der Waals surface area (Å²) in [5, 5.41) is 70.5. The summed E-state index contributed by atoms with van der Waals surface area (Å²) in [6, 6.07) is -17.6. The lowest BCUT2D eigenvalue weighted by Gasteiger charge is -2.35. The van der Waals surface area contributed by atoms with Gasteiger partial charge in [-0.2, -0.15) is 0 Å². The Labute approximate surface area is 862 Å². The quantitative estimate of drug-likeness (QED) is 0.0127. The van der Waals surface area contributed by atoms with Gasteiger partial charge < -0.3 is 159 Å². The van der Waals surface area contributed by atoms with Crippen LogP contribution in [0.25, 0.3) is 0 Å². The van der Waals surface area contributed by atoms with Crippen LogP contribution in [-0.4, -0.2) is 355 Å². The van der Waals surface area contributed by atoms with Crippen molar-refractivity contribution in [3.8, 4) is 5.75 Å². The largest absolute Gasteiger partial charge is 0.508 e. The number of benzene rings is 1. The third kappa shape index (κ3) is 35.4. The van der Waals surface area contributed by atoms with E-state index in [1.54, 1.807) is 27.7 Å². The van der Waals surface area contributed by atoms with E-state index in [1.807, 2.05) is 13.8 Å². The van der Waals surface area contributed by atoms with Gasteiger partial charge >= 0.3 is 0 Å². The minimum Gasteiger partial charge on any atom is -0.508 e. The summed E-state index contributed by atoms with van der Waals surface area (Å²) in [6.45, 7) is 9.91. The number of aldehydes is 1. The first-order chi connectivity index (χ1) is 70.7. The van der Waals surface area contributed by atoms with E-state index in [1.165, 1.54) is 61.3 Å². The van der Waals surface area contributed by atoms with Gasteiger partial charge in [-0.15, -0.1) is 0 Å². The average Bonchev–Trinajstić information content (AvgIpc) is 1.65. The number of imidazole rings is 1. The number of aromatic nitrogens is 2. The zero-order valence-corrected chi connectivity index (χ0v) is 85.2. The maximum absolute atomic E-state index is 15.4. The molecule has 1 aromatic heterocycles. The monoisotopic (exact) mass is 2090 g/mol. The molecule has 20 amide bonds. The number of carbonyl (C=O) groups excluding carboxylic acids is 21. The van der Waals surface area contributed by atoms with Crippen molar-refractivity contribution in [1.82, 2.24) is 114 Å². The maximum atomic E-state index is 15.4. The molecule has 54 heteroatoms. The number of amides is 20. The summed E-state index contributed by atoms with van der Waals surface area (Å²) in [7, 11) is 0. The van der Waals surface area contributed by atoms with Crippen LogP contribution in [0.2, 0.25) is 0 Å². The fraction of sp³-hybridized carbons (Fsp3) is 0.653. The van der Waals surface area contributed by atoms with Gasteiger partial charge in [0.25, 0.3) is 0 Å². The van der Waals surface area contributed by atoms with Gasteiger partial charge in [0, 0.05) is 90.1 Å². The molecule has 1 aromatic carbocycles. The Morgan fingerprint density at radius 2 is 0.799 bits per heavy atom. The Morgan fingerprint density at radius 1 is 0.423 bits per heavy atom. The van der Waals surface area contributed by atoms with Crippen molar-refractivity contribution in [3.05, 3.63) is 48.0 Å². The molecule has 0 bridgehead atoms. The first-order valence-corrected chi connectivity index (χ1v) is 50.9. The molecule has 6 saturated heterocycles. The predicted molar refractivity (Wildman–Crippen MR) is 536 cm³/mol. The number of primary amides is 3. The number of phenolic OH excluding ortho intramolecular Hbond substituents is 1. The van der Waals surface area contributed by atoms with Crippen LogP contribution < -0.4 is 115 Å². The van der Waals surface area contributed by atoms with Crippen molar-refractivity contribution in [2.24, 2.45) is 57.9 Å². The number of rotatable bonds is 57. The van der Waals surface area contributed by atoms with Crippen LogP contribution in [0.4, 0.5) is 0 Å². The molecule has 6 fully saturated rings. The number of hydrogen-bond acceptors (Lipinski definition) is 27. The molecule has 2 aromatic rings. The second-order valence-electron chi connectivity index (χ2n) is 39.3. The second kappa shape index (κ2) is 58.0. The number of phenols is 1. The van der Waals surface area contributed by atoms with Crippen molar-refractivity contribution >= 4 is 142 Å². The Morgan fingerprint density at radius 3 is 1.22 bits per heavy atom. The molecule has 54 nitrogen and oxygen atoms in total. The lowest BCUT2D eigenvalue weighted by atomic mass is 9.96. The molecule has 149 heavy (non-hydrogen) atoms. The molecule has 822 valence electrons. The van der Waals surface area contributed by atoms with Crippen LogP contribution in [0.3, 0.4) is 0 Å². The smallest absolute Gasteiger partial charge is 0.246 e. The van der Waals surface area contributed by atoms with E-state index in [0.29, 0.717) is 43.2 Å². The van der Waals surface area contributed by atoms with Crippen molar-refractivity contribution in [2.45, 2.75) is 311 Å². The maximum Gasteiger partial charge on any atom is 0.246 e. The summed E-state index contributed by atoms with van der Waals surface area (Å²) in [5.74, 6) is -19.7. The molecular formula is C95H150N32O22. The molecule has 0 unspecified atom stereocenters. The number of hydrogen-bond donors (Lipinski definition) is 26. The number of H-pyrrole nitrogens is 1. The topological polar surface area (TPSA) is 849 Å². The number of carbonyl (C=O) groups is 21. The summed E-state index contributed by atoms with van der Waals surface area (Å²) >= 11 is 0. The van der Waals surface area contributed by atoms with E-state index >= 15 is 33.6 Å². The fourth-order valence-corrected chi connectivity index (χ4v) is 19.4. The molecule has 0 aliphatic carbocycles. The molecular weight excluding hydrogens is 1940 g/mol. The lowest BCUT2D eigenvalue weighted by Crippen LogP contribution is -2.62. The Balaban J connectivity index is 0.953. The number of nitrogens with one attached hydrogen (secondary N) is 18. The highest BCUT2D eigenvalue weighted by Crippen LogP contribution is 2.31. The highest BCUT2D eigenvalue weighted by atomic mass is 16.3. The van der Waals surface area contributed by atoms with Crippen LogP contribution in [-0.2, 0) is 114 Å². The molecule has 18 atom stereocenters. The minimum absolute atomic E-state index is 0.00522. The highest BCUT2D eigenvalue weighted by Gasteiger charge is 2.50. The van der Waals surface area contributed by atoms with Crippen LogP contribution >= 0.6 is 0 Å². The van der Waals surface area contributed by atoms with Gasteiger partial charge in [-0.25, -0.2) is 4.98 Å². The van der Waals surface area contributed by atoms with Gasteiger partial charge in [0.05, 0.1) is 31.8 Å². The van der Waals surface area contributed by atoms with E-state index in [9.17, 15) is 72.2 Å². The van der Waals surface area contributed by atoms with E-state index in [0.717, 1.165) is 4.90 Å². The van der Waals surface area contributed by atoms with E-state index in [-0.39, 0.29) is 192 Å².